The van der Waals surface area contributed by atoms with Crippen molar-refractivity contribution in [2.45, 2.75) is 25.7 Å². The first-order chi connectivity index (χ1) is 16.4. The van der Waals surface area contributed by atoms with Gasteiger partial charge in [0.1, 0.15) is 18.2 Å². The Morgan fingerprint density at radius 2 is 2.32 bits per heavy atom. The van der Waals surface area contributed by atoms with Crippen molar-refractivity contribution in [1.82, 2.24) is 20.2 Å². The first-order valence-corrected chi connectivity index (χ1v) is 10.7. The molecule has 11 heteroatoms. The van der Waals surface area contributed by atoms with Crippen LogP contribution in [0.2, 0.25) is 0 Å². The van der Waals surface area contributed by atoms with Crippen LogP contribution in [0.5, 0.6) is 5.88 Å². The van der Waals surface area contributed by atoms with Crippen molar-refractivity contribution in [3.05, 3.63) is 57.9 Å². The molecule has 5 N–H and O–H groups in total. The summed E-state index contributed by atoms with van der Waals surface area (Å²) in [4.78, 5) is 22.3. The first kappa shape index (κ1) is 23.3. The molecule has 11 nitrogen and oxygen atoms in total. The zero-order chi connectivity index (χ0) is 24.2. The minimum Gasteiger partial charge on any atom is -0.480 e. The monoisotopic (exact) mass is 462 g/mol. The molecule has 1 saturated heterocycles. The lowest BCUT2D eigenvalue weighted by molar-refractivity contribution is 0.0535. The largest absolute Gasteiger partial charge is 0.480 e. The number of esters is 1. The van der Waals surface area contributed by atoms with Gasteiger partial charge in [-0.3, -0.25) is 10.2 Å². The van der Waals surface area contributed by atoms with Crippen molar-refractivity contribution >= 4 is 18.1 Å². The molecule has 176 valence electrons. The second kappa shape index (κ2) is 9.96. The molecule has 2 aliphatic rings. The van der Waals surface area contributed by atoms with E-state index in [1.807, 2.05) is 25.1 Å². The molecule has 0 spiro atoms. The number of nitrogens with two attached hydrogens (primary N) is 1. The Labute approximate surface area is 197 Å². The fourth-order valence-corrected chi connectivity index (χ4v) is 4.25. The highest BCUT2D eigenvalue weighted by Crippen LogP contribution is 2.30. The summed E-state index contributed by atoms with van der Waals surface area (Å²) in [5.41, 5.74) is 10.9. The highest BCUT2D eigenvalue weighted by Gasteiger charge is 2.30. The molecule has 2 aliphatic heterocycles. The van der Waals surface area contributed by atoms with Crippen LogP contribution in [0, 0.1) is 23.7 Å². The minimum absolute atomic E-state index is 0.0317. The molecule has 0 aliphatic carbocycles. The number of carbonyl (C=O) groups is 1. The molecule has 1 aromatic heterocycles. The van der Waals surface area contributed by atoms with Crippen LogP contribution >= 0.6 is 0 Å². The van der Waals surface area contributed by atoms with Crippen molar-refractivity contribution in [1.29, 1.82) is 10.7 Å². The molecule has 1 aromatic carbocycles. The van der Waals surface area contributed by atoms with Gasteiger partial charge < -0.3 is 25.9 Å². The van der Waals surface area contributed by atoms with Gasteiger partial charge in [0, 0.05) is 43.7 Å². The number of nitrogens with one attached hydrogen (secondary N) is 3. The predicted octanol–water partition coefficient (Wildman–Crippen LogP) is 1.21. The summed E-state index contributed by atoms with van der Waals surface area (Å²) in [5.74, 6) is 0.157. The first-order valence-electron chi connectivity index (χ1n) is 10.7. The number of methoxy groups -OCH3 is 1. The average Bonchev–Trinajstić information content (AvgIpc) is 3.22. The standard InChI is InChI=1S/C23H26N8O3/c1-13-16(3-4-17-18(13)12-34-22(17)32)19-10-31(11-20(26)29-19)9-14(5-24)7-27-23-28-8-15(6-25)21(30-23)33-2/h3-5,7-8,19-20,24,29H,9-12,26H2,1-2H3,(H,27,28,30)/b14-7+,24-5?/t19-,20+/m0/s1. The molecule has 0 saturated carbocycles. The average molecular weight is 463 g/mol. The van der Waals surface area contributed by atoms with Crippen LogP contribution in [0.25, 0.3) is 0 Å². The van der Waals surface area contributed by atoms with Crippen LogP contribution in [0.15, 0.2) is 30.1 Å². The second-order valence-corrected chi connectivity index (χ2v) is 8.14. The van der Waals surface area contributed by atoms with E-state index >= 15 is 0 Å². The van der Waals surface area contributed by atoms with Crippen molar-refractivity contribution in [3.8, 4) is 11.9 Å². The number of hydrogen-bond donors (Lipinski definition) is 4. The highest BCUT2D eigenvalue weighted by atomic mass is 16.5. The summed E-state index contributed by atoms with van der Waals surface area (Å²) in [6.07, 6.45) is 4.04. The van der Waals surface area contributed by atoms with Gasteiger partial charge in [-0.25, -0.2) is 9.78 Å². The minimum atomic E-state index is -0.281. The van der Waals surface area contributed by atoms with Crippen molar-refractivity contribution in [2.75, 3.05) is 32.1 Å². The summed E-state index contributed by atoms with van der Waals surface area (Å²) in [7, 11) is 1.43. The van der Waals surface area contributed by atoms with Gasteiger partial charge in [-0.2, -0.15) is 10.2 Å². The quantitative estimate of drug-likeness (QED) is 0.347. The number of hydrogen-bond acceptors (Lipinski definition) is 11. The van der Waals surface area contributed by atoms with E-state index in [-0.39, 0.29) is 35.6 Å². The lowest BCUT2D eigenvalue weighted by Crippen LogP contribution is -2.56. The molecule has 2 aromatic rings. The Hall–Kier alpha value is -3.85. The van der Waals surface area contributed by atoms with Crippen molar-refractivity contribution in [2.24, 2.45) is 5.73 Å². The van der Waals surface area contributed by atoms with Crippen LogP contribution in [0.1, 0.15) is 38.7 Å². The SMILES string of the molecule is COc1nc(N/C=C(\C=N)CN2C[C@@H](c3ccc4c(c3C)COC4=O)N[C@@H](N)C2)ncc1C#N. The Kier molecular flexibility index (Phi) is 6.83. The molecule has 0 radical (unpaired) electrons. The maximum absolute atomic E-state index is 11.9. The van der Waals surface area contributed by atoms with E-state index in [1.54, 1.807) is 6.20 Å². The van der Waals surface area contributed by atoms with Crippen LogP contribution < -0.4 is 21.1 Å². The van der Waals surface area contributed by atoms with Gasteiger partial charge in [0.15, 0.2) is 0 Å². The van der Waals surface area contributed by atoms with E-state index in [1.165, 1.54) is 19.5 Å². The van der Waals surface area contributed by atoms with E-state index in [4.69, 9.17) is 25.9 Å². The molecule has 0 bridgehead atoms. The molecule has 34 heavy (non-hydrogen) atoms. The normalized spacial score (nSPS) is 20.3. The zero-order valence-corrected chi connectivity index (χ0v) is 19.0. The maximum atomic E-state index is 11.9. The highest BCUT2D eigenvalue weighted by molar-refractivity contribution is 5.94. The summed E-state index contributed by atoms with van der Waals surface area (Å²) in [6.45, 7) is 4.07. The van der Waals surface area contributed by atoms with Crippen LogP contribution in [0.4, 0.5) is 5.95 Å². The van der Waals surface area contributed by atoms with Gasteiger partial charge in [0.25, 0.3) is 0 Å². The number of rotatable bonds is 7. The number of carbonyl (C=O) groups excluding carboxylic acids is 1. The maximum Gasteiger partial charge on any atom is 0.338 e. The smallest absolute Gasteiger partial charge is 0.338 e. The molecule has 0 amide bonds. The van der Waals surface area contributed by atoms with Crippen LogP contribution in [-0.4, -0.2) is 60.0 Å². The lowest BCUT2D eigenvalue weighted by Gasteiger charge is -2.38. The van der Waals surface area contributed by atoms with Gasteiger partial charge >= 0.3 is 5.97 Å². The van der Waals surface area contributed by atoms with Gasteiger partial charge in [-0.05, 0) is 29.7 Å². The number of piperazine rings is 1. The predicted molar refractivity (Wildman–Crippen MR) is 124 cm³/mol. The number of benzene rings is 1. The van der Waals surface area contributed by atoms with E-state index in [2.05, 4.69) is 25.5 Å². The lowest BCUT2D eigenvalue weighted by atomic mass is 9.92. The van der Waals surface area contributed by atoms with Crippen LogP contribution in [0.3, 0.4) is 0 Å². The number of fused-ring (bicyclic) bond motifs is 1. The molecule has 1 fully saturated rings. The van der Waals surface area contributed by atoms with Gasteiger partial charge in [-0.1, -0.05) is 6.07 Å². The van der Waals surface area contributed by atoms with Crippen LogP contribution in [-0.2, 0) is 11.3 Å². The molecular formula is C23H26N8O3. The Morgan fingerprint density at radius 1 is 1.50 bits per heavy atom. The second-order valence-electron chi connectivity index (χ2n) is 8.14. The number of ether oxygens (including phenoxy) is 2. The Bertz CT molecular complexity index is 1190. The number of nitriles is 1. The van der Waals surface area contributed by atoms with E-state index in [9.17, 15) is 4.79 Å². The fourth-order valence-electron chi connectivity index (χ4n) is 4.25. The third kappa shape index (κ3) is 4.74. The fraction of sp³-hybridized carbons (Fsp3) is 0.348. The topological polar surface area (TPSA) is 162 Å². The third-order valence-corrected chi connectivity index (χ3v) is 5.94. The summed E-state index contributed by atoms with van der Waals surface area (Å²) in [5, 5.41) is 23.3. The summed E-state index contributed by atoms with van der Waals surface area (Å²) >= 11 is 0. The van der Waals surface area contributed by atoms with Gasteiger partial charge in [0.2, 0.25) is 11.8 Å². The molecular weight excluding hydrogens is 436 g/mol. The zero-order valence-electron chi connectivity index (χ0n) is 19.0. The number of aromatic nitrogens is 2. The summed E-state index contributed by atoms with van der Waals surface area (Å²) in [6, 6.07) is 5.71. The molecule has 4 rings (SSSR count). The molecule has 0 unspecified atom stereocenters. The molecule has 2 atom stereocenters. The summed E-state index contributed by atoms with van der Waals surface area (Å²) < 4.78 is 10.3. The van der Waals surface area contributed by atoms with E-state index in [0.29, 0.717) is 37.4 Å². The number of anilines is 1. The molecule has 3 heterocycles. The van der Waals surface area contributed by atoms with Gasteiger partial charge in [-0.15, -0.1) is 0 Å². The van der Waals surface area contributed by atoms with E-state index in [0.717, 1.165) is 16.7 Å². The van der Waals surface area contributed by atoms with Gasteiger partial charge in [0.05, 0.1) is 25.0 Å². The number of nitrogens with zero attached hydrogens (tertiary/aromatic N) is 4. The Balaban J connectivity index is 1.47. The van der Waals surface area contributed by atoms with Crippen molar-refractivity contribution < 1.29 is 14.3 Å². The van der Waals surface area contributed by atoms with Crippen molar-refractivity contribution in [3.63, 3.8) is 0 Å². The number of cyclic esters (lactones) is 1. The van der Waals surface area contributed by atoms with E-state index < -0.39 is 0 Å². The Morgan fingerprint density at radius 3 is 3.06 bits per heavy atom. The third-order valence-electron chi connectivity index (χ3n) is 5.94.